The summed E-state index contributed by atoms with van der Waals surface area (Å²) in [5.41, 5.74) is 6.42. The standard InChI is InChI=1S/C12H16N2O2/c1-2-7-5-11(7)14-12(16)9-6-8(15)3-4-10(9)13/h3-4,6-7,11,15H,2,5,13H2,1H3,(H,14,16). The Kier molecular flexibility index (Phi) is 2.73. The van der Waals surface area contributed by atoms with Gasteiger partial charge in [-0.2, -0.15) is 0 Å². The summed E-state index contributed by atoms with van der Waals surface area (Å²) in [6, 6.07) is 4.68. The van der Waals surface area contributed by atoms with Crippen molar-refractivity contribution in [3.8, 4) is 5.75 Å². The first-order valence-electron chi connectivity index (χ1n) is 5.51. The maximum Gasteiger partial charge on any atom is 0.253 e. The maximum atomic E-state index is 11.8. The molecule has 1 aromatic carbocycles. The molecule has 0 aromatic heterocycles. The lowest BCUT2D eigenvalue weighted by molar-refractivity contribution is 0.0949. The molecule has 4 N–H and O–H groups in total. The van der Waals surface area contributed by atoms with Crippen LogP contribution >= 0.6 is 0 Å². The fraction of sp³-hybridized carbons (Fsp3) is 0.417. The van der Waals surface area contributed by atoms with Crippen LogP contribution in [-0.2, 0) is 0 Å². The lowest BCUT2D eigenvalue weighted by Crippen LogP contribution is -2.27. The molecule has 1 saturated carbocycles. The lowest BCUT2D eigenvalue weighted by Gasteiger charge is -2.07. The number of phenols is 1. The number of hydrogen-bond acceptors (Lipinski definition) is 3. The van der Waals surface area contributed by atoms with Crippen molar-refractivity contribution in [3.05, 3.63) is 23.8 Å². The highest BCUT2D eigenvalue weighted by Gasteiger charge is 2.36. The summed E-state index contributed by atoms with van der Waals surface area (Å²) >= 11 is 0. The molecule has 2 unspecified atom stereocenters. The van der Waals surface area contributed by atoms with E-state index >= 15 is 0 Å². The third-order valence-corrected chi connectivity index (χ3v) is 3.04. The number of hydrogen-bond donors (Lipinski definition) is 3. The molecule has 86 valence electrons. The molecule has 1 aromatic rings. The van der Waals surface area contributed by atoms with Gasteiger partial charge in [-0.15, -0.1) is 0 Å². The highest BCUT2D eigenvalue weighted by Crippen LogP contribution is 2.33. The van der Waals surface area contributed by atoms with E-state index in [1.807, 2.05) is 0 Å². The first-order valence-corrected chi connectivity index (χ1v) is 5.51. The lowest BCUT2D eigenvalue weighted by atomic mass is 10.1. The predicted molar refractivity (Wildman–Crippen MR) is 62.2 cm³/mol. The van der Waals surface area contributed by atoms with Gasteiger partial charge in [-0.3, -0.25) is 4.79 Å². The van der Waals surface area contributed by atoms with E-state index in [0.717, 1.165) is 12.8 Å². The summed E-state index contributed by atoms with van der Waals surface area (Å²) in [6.45, 7) is 2.11. The summed E-state index contributed by atoms with van der Waals surface area (Å²) in [5, 5.41) is 12.2. The molecule has 1 aliphatic rings. The molecule has 16 heavy (non-hydrogen) atoms. The Morgan fingerprint density at radius 3 is 3.00 bits per heavy atom. The van der Waals surface area contributed by atoms with Gasteiger partial charge in [-0.25, -0.2) is 0 Å². The molecule has 0 heterocycles. The molecular weight excluding hydrogens is 204 g/mol. The second kappa shape index (κ2) is 4.04. The van der Waals surface area contributed by atoms with Crippen LogP contribution in [0.1, 0.15) is 30.1 Å². The van der Waals surface area contributed by atoms with Crippen LogP contribution in [0.2, 0.25) is 0 Å². The first kappa shape index (κ1) is 10.8. The number of nitrogens with two attached hydrogens (primary N) is 1. The Hall–Kier alpha value is -1.71. The third-order valence-electron chi connectivity index (χ3n) is 3.04. The van der Waals surface area contributed by atoms with Crippen LogP contribution < -0.4 is 11.1 Å². The van der Waals surface area contributed by atoms with E-state index in [4.69, 9.17) is 5.73 Å². The number of nitrogens with one attached hydrogen (secondary N) is 1. The van der Waals surface area contributed by atoms with Gasteiger partial charge in [0.2, 0.25) is 0 Å². The molecule has 4 nitrogen and oxygen atoms in total. The quantitative estimate of drug-likeness (QED) is 0.533. The second-order valence-corrected chi connectivity index (χ2v) is 4.26. The summed E-state index contributed by atoms with van der Waals surface area (Å²) in [4.78, 5) is 11.8. The molecule has 0 bridgehead atoms. The monoisotopic (exact) mass is 220 g/mol. The van der Waals surface area contributed by atoms with E-state index in [2.05, 4.69) is 12.2 Å². The van der Waals surface area contributed by atoms with Crippen LogP contribution in [0.25, 0.3) is 0 Å². The number of nitrogen functional groups attached to an aromatic ring is 1. The van der Waals surface area contributed by atoms with Crippen LogP contribution in [0.3, 0.4) is 0 Å². The molecule has 0 saturated heterocycles. The molecule has 2 atom stereocenters. The minimum Gasteiger partial charge on any atom is -0.508 e. The zero-order valence-corrected chi connectivity index (χ0v) is 9.23. The van der Waals surface area contributed by atoms with E-state index in [-0.39, 0.29) is 17.7 Å². The van der Waals surface area contributed by atoms with Crippen LogP contribution in [0, 0.1) is 5.92 Å². The van der Waals surface area contributed by atoms with E-state index in [9.17, 15) is 9.90 Å². The van der Waals surface area contributed by atoms with Crippen molar-refractivity contribution in [1.82, 2.24) is 5.32 Å². The zero-order valence-electron chi connectivity index (χ0n) is 9.23. The fourth-order valence-electron chi connectivity index (χ4n) is 1.86. The fourth-order valence-corrected chi connectivity index (χ4v) is 1.86. The van der Waals surface area contributed by atoms with Crippen molar-refractivity contribution in [2.75, 3.05) is 5.73 Å². The average molecular weight is 220 g/mol. The van der Waals surface area contributed by atoms with Crippen molar-refractivity contribution < 1.29 is 9.90 Å². The van der Waals surface area contributed by atoms with Gasteiger partial charge >= 0.3 is 0 Å². The molecule has 0 aliphatic heterocycles. The van der Waals surface area contributed by atoms with E-state index < -0.39 is 0 Å². The van der Waals surface area contributed by atoms with Crippen molar-refractivity contribution in [2.24, 2.45) is 5.92 Å². The highest BCUT2D eigenvalue weighted by molar-refractivity contribution is 5.99. The number of rotatable bonds is 3. The summed E-state index contributed by atoms with van der Waals surface area (Å²) in [5.74, 6) is 0.457. The Morgan fingerprint density at radius 2 is 2.38 bits per heavy atom. The smallest absolute Gasteiger partial charge is 0.253 e. The number of phenolic OH excluding ortho intramolecular Hbond substituents is 1. The Bertz CT molecular complexity index is 417. The summed E-state index contributed by atoms with van der Waals surface area (Å²) < 4.78 is 0. The molecular formula is C12H16N2O2. The zero-order chi connectivity index (χ0) is 11.7. The third kappa shape index (κ3) is 2.10. The van der Waals surface area contributed by atoms with E-state index in [1.165, 1.54) is 18.2 Å². The largest absolute Gasteiger partial charge is 0.508 e. The number of aromatic hydroxyl groups is 1. The number of carbonyl (C=O) groups excluding carboxylic acids is 1. The van der Waals surface area contributed by atoms with Crippen LogP contribution in [0.15, 0.2) is 18.2 Å². The minimum absolute atomic E-state index is 0.0576. The van der Waals surface area contributed by atoms with Crippen molar-refractivity contribution in [3.63, 3.8) is 0 Å². The maximum absolute atomic E-state index is 11.8. The molecule has 1 fully saturated rings. The Balaban J connectivity index is 2.06. The predicted octanol–water partition coefficient (Wildman–Crippen LogP) is 1.50. The molecule has 0 radical (unpaired) electrons. The molecule has 2 rings (SSSR count). The normalized spacial score (nSPS) is 22.8. The van der Waals surface area contributed by atoms with Crippen molar-refractivity contribution in [1.29, 1.82) is 0 Å². The number of benzene rings is 1. The van der Waals surface area contributed by atoms with E-state index in [1.54, 1.807) is 0 Å². The van der Waals surface area contributed by atoms with Crippen molar-refractivity contribution >= 4 is 11.6 Å². The molecule has 4 heteroatoms. The van der Waals surface area contributed by atoms with Crippen LogP contribution in [-0.4, -0.2) is 17.1 Å². The first-order chi connectivity index (χ1) is 7.61. The number of amides is 1. The number of anilines is 1. The van der Waals surface area contributed by atoms with E-state index in [0.29, 0.717) is 17.2 Å². The molecule has 1 aliphatic carbocycles. The molecule has 1 amide bonds. The summed E-state index contributed by atoms with van der Waals surface area (Å²) in [6.07, 6.45) is 2.13. The SMILES string of the molecule is CCC1CC1NC(=O)c1cc(O)ccc1N. The van der Waals surface area contributed by atoms with Crippen LogP contribution in [0.4, 0.5) is 5.69 Å². The summed E-state index contributed by atoms with van der Waals surface area (Å²) in [7, 11) is 0. The highest BCUT2D eigenvalue weighted by atomic mass is 16.3. The average Bonchev–Trinajstić information content (AvgIpc) is 3.00. The van der Waals surface area contributed by atoms with Crippen LogP contribution in [0.5, 0.6) is 5.75 Å². The van der Waals surface area contributed by atoms with Gasteiger partial charge in [0.25, 0.3) is 5.91 Å². The van der Waals surface area contributed by atoms with Gasteiger partial charge in [-0.1, -0.05) is 13.3 Å². The topological polar surface area (TPSA) is 75.3 Å². The van der Waals surface area contributed by atoms with Gasteiger partial charge in [0.05, 0.1) is 5.56 Å². The number of carbonyl (C=O) groups is 1. The molecule has 0 spiro atoms. The Morgan fingerprint density at radius 1 is 1.62 bits per heavy atom. The van der Waals surface area contributed by atoms with Gasteiger partial charge < -0.3 is 16.2 Å². The van der Waals surface area contributed by atoms with Gasteiger partial charge in [0.15, 0.2) is 0 Å². The van der Waals surface area contributed by atoms with Crippen molar-refractivity contribution in [2.45, 2.75) is 25.8 Å². The van der Waals surface area contributed by atoms with Gasteiger partial charge in [0, 0.05) is 11.7 Å². The van der Waals surface area contributed by atoms with Gasteiger partial charge in [-0.05, 0) is 30.5 Å². The van der Waals surface area contributed by atoms with Gasteiger partial charge in [0.1, 0.15) is 5.75 Å². The minimum atomic E-state index is -0.200. The Labute approximate surface area is 94.5 Å². The second-order valence-electron chi connectivity index (χ2n) is 4.26.